The topological polar surface area (TPSA) is 111 Å². The number of carbonyl (C=O) groups excluding carboxylic acids is 1. The molecule has 0 bridgehead atoms. The number of aromatic nitrogens is 1. The lowest BCUT2D eigenvalue weighted by molar-refractivity contribution is 0.102. The first kappa shape index (κ1) is 21.2. The van der Waals surface area contributed by atoms with Crippen LogP contribution in [0, 0.1) is 20.8 Å². The molecule has 11 heteroatoms. The van der Waals surface area contributed by atoms with Crippen LogP contribution in [0.3, 0.4) is 0 Å². The van der Waals surface area contributed by atoms with Crippen molar-refractivity contribution in [2.45, 2.75) is 25.7 Å². The van der Waals surface area contributed by atoms with Crippen LogP contribution >= 0.6 is 22.9 Å². The van der Waals surface area contributed by atoms with Crippen molar-refractivity contribution in [2.75, 3.05) is 17.1 Å². The molecular weight excluding hydrogens is 438 g/mol. The van der Waals surface area contributed by atoms with E-state index in [9.17, 15) is 13.2 Å². The Morgan fingerprint density at radius 3 is 2.45 bits per heavy atom. The largest absolute Gasteiger partial charge is 0.497 e. The fraction of sp³-hybridized carbons (Fsp3) is 0.222. The van der Waals surface area contributed by atoms with Crippen LogP contribution in [0.5, 0.6) is 5.75 Å². The third-order valence-corrected chi connectivity index (χ3v) is 6.98. The van der Waals surface area contributed by atoms with Crippen LogP contribution in [-0.2, 0) is 10.0 Å². The first-order chi connectivity index (χ1) is 13.6. The molecule has 2 heterocycles. The van der Waals surface area contributed by atoms with Crippen LogP contribution < -0.4 is 14.8 Å². The Morgan fingerprint density at radius 2 is 1.90 bits per heavy atom. The van der Waals surface area contributed by atoms with Gasteiger partial charge in [-0.25, -0.2) is 13.1 Å². The number of sulfonamides is 1. The summed E-state index contributed by atoms with van der Waals surface area (Å²) < 4.78 is 37.9. The molecule has 2 N–H and O–H groups in total. The highest BCUT2D eigenvalue weighted by atomic mass is 35.5. The highest BCUT2D eigenvalue weighted by Crippen LogP contribution is 2.31. The molecule has 0 atom stereocenters. The highest BCUT2D eigenvalue weighted by molar-refractivity contribution is 7.93. The molecule has 0 fully saturated rings. The number of hydrogen-bond donors (Lipinski definition) is 2. The maximum absolute atomic E-state index is 12.8. The van der Waals surface area contributed by atoms with Crippen molar-refractivity contribution in [1.82, 2.24) is 5.16 Å². The Bertz CT molecular complexity index is 1160. The monoisotopic (exact) mass is 455 g/mol. The molecule has 0 aliphatic carbocycles. The van der Waals surface area contributed by atoms with Crippen molar-refractivity contribution >= 4 is 50.4 Å². The van der Waals surface area contributed by atoms with E-state index in [1.54, 1.807) is 26.2 Å². The third kappa shape index (κ3) is 4.24. The van der Waals surface area contributed by atoms with Crippen molar-refractivity contribution in [3.05, 3.63) is 50.3 Å². The smallest absolute Gasteiger partial charge is 0.267 e. The van der Waals surface area contributed by atoms with Crippen molar-refractivity contribution < 1.29 is 22.5 Å². The molecule has 154 valence electrons. The van der Waals surface area contributed by atoms with E-state index in [0.717, 1.165) is 22.5 Å². The van der Waals surface area contributed by atoms with Crippen LogP contribution in [0.1, 0.15) is 26.5 Å². The number of nitrogens with zero attached hydrogens (tertiary/aromatic N) is 1. The summed E-state index contributed by atoms with van der Waals surface area (Å²) in [6, 6.07) is 4.90. The lowest BCUT2D eigenvalue weighted by Gasteiger charge is -2.14. The van der Waals surface area contributed by atoms with Gasteiger partial charge in [0.1, 0.15) is 26.2 Å². The molecule has 3 aromatic rings. The van der Waals surface area contributed by atoms with Crippen LogP contribution in [-0.4, -0.2) is 26.6 Å². The number of aryl methyl sites for hydroxylation is 3. The Balaban J connectivity index is 1.90. The van der Waals surface area contributed by atoms with E-state index in [2.05, 4.69) is 15.2 Å². The standard InChI is InChI=1S/C18H18ClN3O5S2/c1-9-7-12(26-4)8-10(2)15(9)20-17(23)16-13(5-6-28-16)29(24,25)22-18-14(19)11(3)21-27-18/h5-8,22H,1-4H3,(H,20,23). The van der Waals surface area contributed by atoms with Gasteiger partial charge in [-0.3, -0.25) is 4.79 Å². The van der Waals surface area contributed by atoms with Gasteiger partial charge < -0.3 is 14.6 Å². The molecule has 0 aliphatic rings. The molecule has 2 aromatic heterocycles. The zero-order valence-corrected chi connectivity index (χ0v) is 18.4. The van der Waals surface area contributed by atoms with Crippen LogP contribution in [0.4, 0.5) is 11.6 Å². The summed E-state index contributed by atoms with van der Waals surface area (Å²) in [6.07, 6.45) is 0. The van der Waals surface area contributed by atoms with Crippen LogP contribution in [0.2, 0.25) is 5.02 Å². The van der Waals surface area contributed by atoms with E-state index < -0.39 is 15.9 Å². The van der Waals surface area contributed by atoms with Crippen molar-refractivity contribution in [3.63, 3.8) is 0 Å². The average molecular weight is 456 g/mol. The summed E-state index contributed by atoms with van der Waals surface area (Å²) in [5.74, 6) is -0.0824. The summed E-state index contributed by atoms with van der Waals surface area (Å²) in [7, 11) is -2.56. The SMILES string of the molecule is COc1cc(C)c(NC(=O)c2sccc2S(=O)(=O)Nc2onc(C)c2Cl)c(C)c1. The van der Waals surface area contributed by atoms with Gasteiger partial charge in [-0.05, 0) is 55.5 Å². The van der Waals surface area contributed by atoms with Crippen molar-refractivity contribution in [2.24, 2.45) is 0 Å². The number of carbonyl (C=O) groups is 1. The fourth-order valence-corrected chi connectivity index (χ4v) is 5.17. The molecule has 0 spiro atoms. The van der Waals surface area contributed by atoms with E-state index in [1.165, 1.54) is 11.4 Å². The number of rotatable bonds is 6. The van der Waals surface area contributed by atoms with Gasteiger partial charge in [0.05, 0.1) is 7.11 Å². The molecular formula is C18H18ClN3O5S2. The first-order valence-corrected chi connectivity index (χ1v) is 11.1. The van der Waals surface area contributed by atoms with Crippen molar-refractivity contribution in [1.29, 1.82) is 0 Å². The number of anilines is 2. The summed E-state index contributed by atoms with van der Waals surface area (Å²) in [5, 5.41) is 7.97. The lowest BCUT2D eigenvalue weighted by atomic mass is 10.1. The molecule has 3 rings (SSSR count). The molecule has 29 heavy (non-hydrogen) atoms. The molecule has 8 nitrogen and oxygen atoms in total. The molecule has 1 amide bonds. The van der Waals surface area contributed by atoms with Gasteiger partial charge in [-0.15, -0.1) is 11.3 Å². The number of hydrogen-bond acceptors (Lipinski definition) is 7. The van der Waals surface area contributed by atoms with Gasteiger partial charge >= 0.3 is 0 Å². The predicted octanol–water partition coefficient (Wildman–Crippen LogP) is 4.38. The van der Waals surface area contributed by atoms with Crippen LogP contribution in [0.25, 0.3) is 0 Å². The minimum atomic E-state index is -4.12. The molecule has 1 aromatic carbocycles. The van der Waals surface area contributed by atoms with E-state index in [4.69, 9.17) is 20.9 Å². The minimum absolute atomic E-state index is 0.0273. The third-order valence-electron chi connectivity index (χ3n) is 4.12. The van der Waals surface area contributed by atoms with Crippen molar-refractivity contribution in [3.8, 4) is 5.75 Å². The summed E-state index contributed by atoms with van der Waals surface area (Å²) in [6.45, 7) is 5.23. The minimum Gasteiger partial charge on any atom is -0.497 e. The Hall–Kier alpha value is -2.56. The number of ether oxygens (including phenoxy) is 1. The Kier molecular flexibility index (Phi) is 5.87. The van der Waals surface area contributed by atoms with Gasteiger partial charge in [0.25, 0.3) is 21.8 Å². The molecule has 0 radical (unpaired) electrons. The van der Waals surface area contributed by atoms with E-state index in [-0.39, 0.29) is 20.7 Å². The number of amides is 1. The number of halogens is 1. The summed E-state index contributed by atoms with van der Waals surface area (Å²) in [4.78, 5) is 12.7. The molecule has 0 saturated heterocycles. The second kappa shape index (κ2) is 8.05. The van der Waals surface area contributed by atoms with Gasteiger partial charge in [0.15, 0.2) is 0 Å². The second-order valence-electron chi connectivity index (χ2n) is 6.22. The second-order valence-corrected chi connectivity index (χ2v) is 9.17. The maximum Gasteiger partial charge on any atom is 0.267 e. The quantitative estimate of drug-likeness (QED) is 0.570. The number of nitrogens with one attached hydrogen (secondary N) is 2. The first-order valence-electron chi connectivity index (χ1n) is 8.32. The maximum atomic E-state index is 12.8. The number of thiophene rings is 1. The predicted molar refractivity (Wildman–Crippen MR) is 112 cm³/mol. The van der Waals surface area contributed by atoms with Gasteiger partial charge in [0, 0.05) is 5.69 Å². The van der Waals surface area contributed by atoms with Crippen LogP contribution in [0.15, 0.2) is 33.0 Å². The van der Waals surface area contributed by atoms with Gasteiger partial charge in [0.2, 0.25) is 0 Å². The van der Waals surface area contributed by atoms with E-state index in [1.807, 2.05) is 13.8 Å². The van der Waals surface area contributed by atoms with Gasteiger partial charge in [-0.1, -0.05) is 16.8 Å². The Morgan fingerprint density at radius 1 is 1.24 bits per heavy atom. The normalized spacial score (nSPS) is 11.3. The highest BCUT2D eigenvalue weighted by Gasteiger charge is 2.27. The lowest BCUT2D eigenvalue weighted by Crippen LogP contribution is -2.19. The molecule has 0 aliphatic heterocycles. The average Bonchev–Trinajstić information content (AvgIpc) is 3.27. The fourth-order valence-electron chi connectivity index (χ4n) is 2.68. The number of benzene rings is 1. The van der Waals surface area contributed by atoms with Gasteiger partial charge in [-0.2, -0.15) is 0 Å². The zero-order chi connectivity index (χ0) is 21.3. The Labute approximate surface area is 176 Å². The van der Waals surface area contributed by atoms with E-state index in [0.29, 0.717) is 17.1 Å². The number of methoxy groups -OCH3 is 1. The summed E-state index contributed by atoms with van der Waals surface area (Å²) in [5.41, 5.74) is 2.52. The zero-order valence-electron chi connectivity index (χ0n) is 16.0. The van der Waals surface area contributed by atoms with E-state index >= 15 is 0 Å². The molecule has 0 saturated carbocycles. The summed E-state index contributed by atoms with van der Waals surface area (Å²) >= 11 is 6.98. The molecule has 0 unspecified atom stereocenters.